The summed E-state index contributed by atoms with van der Waals surface area (Å²) in [5.74, 6) is -3.91. The second-order valence-electron chi connectivity index (χ2n) is 14.1. The number of nitrogens with one attached hydrogen (secondary N) is 2. The number of likely N-dealkylation sites (tertiary alicyclic amines) is 1. The summed E-state index contributed by atoms with van der Waals surface area (Å²) in [6.07, 6.45) is 8.17. The lowest BCUT2D eigenvalue weighted by Crippen LogP contribution is -2.63. The van der Waals surface area contributed by atoms with E-state index in [2.05, 4.69) is 30.8 Å². The Hall–Kier alpha value is -4.83. The molecule has 3 aliphatic rings. The van der Waals surface area contributed by atoms with Gasteiger partial charge in [0.1, 0.15) is 22.9 Å². The molecule has 5 N–H and O–H groups in total. The molecule has 266 valence electrons. The molecule has 1 aromatic carbocycles. The number of hydrogen-bond donors (Lipinski definition) is 4. The van der Waals surface area contributed by atoms with Gasteiger partial charge in [0.2, 0.25) is 11.7 Å². The predicted octanol–water partition coefficient (Wildman–Crippen LogP) is 1.50. The number of hydrogen-bond acceptors (Lipinski definition) is 10. The highest BCUT2D eigenvalue weighted by Gasteiger charge is 2.49. The lowest BCUT2D eigenvalue weighted by atomic mass is 9.84. The van der Waals surface area contributed by atoms with Gasteiger partial charge < -0.3 is 25.8 Å². The molecule has 0 radical (unpaired) electrons. The minimum Gasteiger partial charge on any atom is -0.384 e. The number of aliphatic imine (C=N–C) groups is 1. The van der Waals surface area contributed by atoms with Crippen LogP contribution in [-0.2, 0) is 29.5 Å². The number of rotatable bonds is 10. The van der Waals surface area contributed by atoms with Gasteiger partial charge in [-0.15, -0.1) is 5.10 Å². The van der Waals surface area contributed by atoms with E-state index in [0.717, 1.165) is 32.1 Å². The van der Waals surface area contributed by atoms with E-state index >= 15 is 0 Å². The first-order chi connectivity index (χ1) is 23.9. The van der Waals surface area contributed by atoms with Gasteiger partial charge in [-0.05, 0) is 32.3 Å². The highest BCUT2D eigenvalue weighted by molar-refractivity contribution is 6.41. The van der Waals surface area contributed by atoms with Crippen molar-refractivity contribution >= 4 is 46.0 Å². The number of amides is 4. The fourth-order valence-electron chi connectivity index (χ4n) is 7.44. The summed E-state index contributed by atoms with van der Waals surface area (Å²) < 4.78 is 6.91. The number of ketones is 1. The highest BCUT2D eigenvalue weighted by atomic mass is 16.5. The fourth-order valence-corrected chi connectivity index (χ4v) is 7.44. The number of ether oxygens (including phenoxy) is 1. The number of aromatic nitrogens is 5. The van der Waals surface area contributed by atoms with Crippen LogP contribution in [0.3, 0.4) is 0 Å². The number of primary amides is 1. The Morgan fingerprint density at radius 3 is 2.56 bits per heavy atom. The number of Topliss-reactive ketones (excluding diaryl/α,β-unsaturated/α-hetero) is 1. The zero-order valence-corrected chi connectivity index (χ0v) is 28.3. The molecule has 1 aliphatic carbocycles. The SMILES string of the molecule is CC(C)(O)c1cnnn1[C@H]1C[C@@H](C(=O)NC2(C(=O)C(N)=O)CCOCC2)N(C(=O)C(CC2CCCCC2)=NC(=O)c2cccc3cn[nH]c23)C1. The molecule has 6 rings (SSSR count). The average molecular weight is 690 g/mol. The van der Waals surface area contributed by atoms with Crippen LogP contribution in [0.2, 0.25) is 0 Å². The first-order valence-electron chi connectivity index (χ1n) is 17.1. The molecule has 2 saturated heterocycles. The summed E-state index contributed by atoms with van der Waals surface area (Å²) in [6, 6.07) is 3.37. The number of nitrogens with two attached hydrogens (primary N) is 1. The molecule has 16 nitrogen and oxygen atoms in total. The maximum Gasteiger partial charge on any atom is 0.287 e. The second kappa shape index (κ2) is 14.2. The van der Waals surface area contributed by atoms with Gasteiger partial charge in [-0.25, -0.2) is 9.67 Å². The largest absolute Gasteiger partial charge is 0.384 e. The highest BCUT2D eigenvalue weighted by Crippen LogP contribution is 2.34. The summed E-state index contributed by atoms with van der Waals surface area (Å²) in [6.45, 7) is 3.36. The molecule has 4 heterocycles. The Morgan fingerprint density at radius 1 is 1.12 bits per heavy atom. The molecule has 0 unspecified atom stereocenters. The van der Waals surface area contributed by atoms with Crippen LogP contribution in [0.1, 0.15) is 93.7 Å². The lowest BCUT2D eigenvalue weighted by molar-refractivity contribution is -0.146. The number of benzene rings is 1. The van der Waals surface area contributed by atoms with Crippen LogP contribution < -0.4 is 11.1 Å². The van der Waals surface area contributed by atoms with Gasteiger partial charge in [0.15, 0.2) is 0 Å². The van der Waals surface area contributed by atoms with E-state index in [0.29, 0.717) is 16.6 Å². The first-order valence-corrected chi connectivity index (χ1v) is 17.1. The van der Waals surface area contributed by atoms with Gasteiger partial charge in [-0.1, -0.05) is 49.5 Å². The van der Waals surface area contributed by atoms with Gasteiger partial charge >= 0.3 is 0 Å². The third kappa shape index (κ3) is 7.07. The van der Waals surface area contributed by atoms with Gasteiger partial charge in [0, 0.05) is 44.4 Å². The van der Waals surface area contributed by atoms with Crippen molar-refractivity contribution in [3.05, 3.63) is 41.9 Å². The lowest BCUT2D eigenvalue weighted by Gasteiger charge is -2.37. The predicted molar refractivity (Wildman–Crippen MR) is 179 cm³/mol. The zero-order chi connectivity index (χ0) is 35.6. The molecule has 50 heavy (non-hydrogen) atoms. The normalized spacial score (nSPS) is 21.7. The Kier molecular flexibility index (Phi) is 9.94. The van der Waals surface area contributed by atoms with Crippen molar-refractivity contribution in [2.24, 2.45) is 16.6 Å². The Bertz CT molecular complexity index is 1810. The van der Waals surface area contributed by atoms with Crippen molar-refractivity contribution in [3.63, 3.8) is 0 Å². The maximum atomic E-state index is 14.7. The summed E-state index contributed by atoms with van der Waals surface area (Å²) in [5.41, 5.74) is 3.62. The molecule has 16 heteroatoms. The van der Waals surface area contributed by atoms with E-state index in [1.165, 1.54) is 15.8 Å². The molecule has 0 spiro atoms. The topological polar surface area (TPSA) is 228 Å². The fraction of sp³-hybridized carbons (Fsp3) is 0.559. The van der Waals surface area contributed by atoms with Crippen LogP contribution in [0.15, 0.2) is 35.6 Å². The molecule has 3 fully saturated rings. The van der Waals surface area contributed by atoms with Crippen molar-refractivity contribution in [2.45, 2.75) is 94.9 Å². The van der Waals surface area contributed by atoms with Gasteiger partial charge in [-0.3, -0.25) is 29.1 Å². The molecule has 3 aromatic rings. The van der Waals surface area contributed by atoms with Gasteiger partial charge in [0.25, 0.3) is 17.7 Å². The quantitative estimate of drug-likeness (QED) is 0.177. The van der Waals surface area contributed by atoms with Crippen molar-refractivity contribution in [1.82, 2.24) is 35.4 Å². The molecular weight excluding hydrogens is 646 g/mol. The van der Waals surface area contributed by atoms with Crippen LogP contribution in [0, 0.1) is 5.92 Å². The van der Waals surface area contributed by atoms with Crippen molar-refractivity contribution in [1.29, 1.82) is 0 Å². The zero-order valence-electron chi connectivity index (χ0n) is 28.3. The van der Waals surface area contributed by atoms with E-state index in [1.54, 1.807) is 38.2 Å². The second-order valence-corrected chi connectivity index (χ2v) is 14.1. The van der Waals surface area contributed by atoms with Crippen LogP contribution in [0.25, 0.3) is 10.9 Å². The number of carbonyl (C=O) groups excluding carboxylic acids is 5. The standard InChI is InChI=1S/C34H43N9O7/c1-33(2,49)26-18-37-41-43(26)22-16-25(31(47)39-34(28(44)29(35)45)11-13-50-14-12-34)42(19-22)32(48)24(15-20-7-4-3-5-8-20)38-30(46)23-10-6-9-21-17-36-40-27(21)23/h6,9-10,17-18,20,22,25,49H,3-5,7-8,11-16,19H2,1-2H3,(H2,35,45)(H,36,40)(H,39,47)/t22-,25-/m0/s1. The summed E-state index contributed by atoms with van der Waals surface area (Å²) in [7, 11) is 0. The maximum absolute atomic E-state index is 14.7. The molecule has 4 amide bonds. The Balaban J connectivity index is 1.38. The number of para-hydroxylation sites is 1. The van der Waals surface area contributed by atoms with E-state index in [4.69, 9.17) is 10.5 Å². The monoisotopic (exact) mass is 689 g/mol. The minimum absolute atomic E-state index is 0.0205. The van der Waals surface area contributed by atoms with Crippen molar-refractivity contribution in [2.75, 3.05) is 19.8 Å². The number of carbonyl (C=O) groups is 5. The van der Waals surface area contributed by atoms with Gasteiger partial charge in [0.05, 0.1) is 35.2 Å². The Labute approximate surface area is 288 Å². The number of fused-ring (bicyclic) bond motifs is 1. The Morgan fingerprint density at radius 2 is 1.86 bits per heavy atom. The minimum atomic E-state index is -1.60. The van der Waals surface area contributed by atoms with Crippen molar-refractivity contribution < 1.29 is 33.8 Å². The summed E-state index contributed by atoms with van der Waals surface area (Å²) in [5, 5.41) is 29.4. The number of aromatic amines is 1. The third-order valence-corrected chi connectivity index (χ3v) is 10.2. The molecule has 2 atom stereocenters. The van der Waals surface area contributed by atoms with Crippen LogP contribution >= 0.6 is 0 Å². The van der Waals surface area contributed by atoms with Crippen LogP contribution in [-0.4, -0.2) is 102 Å². The smallest absolute Gasteiger partial charge is 0.287 e. The third-order valence-electron chi connectivity index (χ3n) is 10.2. The van der Waals surface area contributed by atoms with E-state index in [9.17, 15) is 29.1 Å². The average Bonchev–Trinajstić information content (AvgIpc) is 3.88. The molecule has 1 saturated carbocycles. The van der Waals surface area contributed by atoms with Gasteiger partial charge in [-0.2, -0.15) is 5.10 Å². The molecule has 0 bridgehead atoms. The van der Waals surface area contributed by atoms with Crippen LogP contribution in [0.4, 0.5) is 0 Å². The number of nitrogens with zero attached hydrogens (tertiary/aromatic N) is 6. The number of H-pyrrole nitrogens is 1. The summed E-state index contributed by atoms with van der Waals surface area (Å²) >= 11 is 0. The van der Waals surface area contributed by atoms with Crippen LogP contribution in [0.5, 0.6) is 0 Å². The van der Waals surface area contributed by atoms with E-state index in [1.807, 2.05) is 0 Å². The molecule has 2 aliphatic heterocycles. The number of aliphatic hydroxyl groups is 1. The van der Waals surface area contributed by atoms with E-state index in [-0.39, 0.29) is 62.6 Å². The van der Waals surface area contributed by atoms with E-state index < -0.39 is 52.6 Å². The van der Waals surface area contributed by atoms with Crippen molar-refractivity contribution in [3.8, 4) is 0 Å². The molecular formula is C34H43N9O7. The summed E-state index contributed by atoms with van der Waals surface area (Å²) in [4.78, 5) is 73.7. The first kappa shape index (κ1) is 35.0. The molecule has 2 aromatic heterocycles.